The number of rotatable bonds is 6. The number of piperidine rings is 1. The lowest BCUT2D eigenvalue weighted by Gasteiger charge is -2.33. The van der Waals surface area contributed by atoms with E-state index < -0.39 is 6.10 Å². The molecule has 1 aliphatic rings. The number of H-pyrrole nitrogens is 1. The number of carbonyl (C=O) groups excluding carboxylic acids is 1. The molecule has 3 heterocycles. The molecule has 8 nitrogen and oxygen atoms in total. The largest absolute Gasteiger partial charge is 0.497 e. The van der Waals surface area contributed by atoms with Gasteiger partial charge < -0.3 is 14.7 Å². The molecule has 184 valence electrons. The smallest absolute Gasteiger partial charge is 0.256 e. The molecular formula is C27H26ClN5O3. The molecule has 36 heavy (non-hydrogen) atoms. The number of aromatic nitrogens is 4. The van der Waals surface area contributed by atoms with Gasteiger partial charge in [0, 0.05) is 47.0 Å². The second-order valence-corrected chi connectivity index (χ2v) is 9.17. The van der Waals surface area contributed by atoms with Gasteiger partial charge in [0.25, 0.3) is 5.91 Å². The number of hydrogen-bond donors (Lipinski definition) is 2. The van der Waals surface area contributed by atoms with Crippen molar-refractivity contribution in [3.8, 4) is 28.3 Å². The molecular weight excluding hydrogens is 478 g/mol. The van der Waals surface area contributed by atoms with Crippen LogP contribution >= 0.6 is 11.6 Å². The Balaban J connectivity index is 1.35. The molecule has 0 bridgehead atoms. The third-order valence-corrected chi connectivity index (χ3v) is 6.88. The first-order valence-electron chi connectivity index (χ1n) is 11.8. The van der Waals surface area contributed by atoms with Gasteiger partial charge in [-0.2, -0.15) is 5.10 Å². The maximum Gasteiger partial charge on any atom is 0.256 e. The minimum absolute atomic E-state index is 0.158. The van der Waals surface area contributed by atoms with Crippen LogP contribution < -0.4 is 4.74 Å². The minimum atomic E-state index is -1.20. The number of aliphatic hydroxyl groups is 1. The van der Waals surface area contributed by atoms with Crippen molar-refractivity contribution in [3.05, 3.63) is 83.4 Å². The van der Waals surface area contributed by atoms with Crippen LogP contribution in [0.5, 0.6) is 5.75 Å². The summed E-state index contributed by atoms with van der Waals surface area (Å²) in [5.74, 6) is 0.544. The number of aliphatic hydroxyl groups excluding tert-OH is 1. The fourth-order valence-corrected chi connectivity index (χ4v) is 4.78. The summed E-state index contributed by atoms with van der Waals surface area (Å²) in [5, 5.41) is 19.2. The van der Waals surface area contributed by atoms with Crippen LogP contribution in [0.4, 0.5) is 0 Å². The van der Waals surface area contributed by atoms with Crippen molar-refractivity contribution in [3.63, 3.8) is 0 Å². The van der Waals surface area contributed by atoms with Crippen molar-refractivity contribution in [2.75, 3.05) is 20.2 Å². The molecule has 0 saturated carbocycles. The van der Waals surface area contributed by atoms with Crippen molar-refractivity contribution in [2.24, 2.45) is 0 Å². The van der Waals surface area contributed by atoms with E-state index >= 15 is 0 Å². The molecule has 1 atom stereocenters. The van der Waals surface area contributed by atoms with Crippen LogP contribution in [-0.2, 0) is 4.79 Å². The standard InChI is InChI=1S/C27H26ClN5O3/c1-36-21-8-4-19(5-9-21)26(34)27(35)33-14-11-18(12-15-33)25-23(22-10-13-29-16-30-22)24(31-32-25)17-2-6-20(28)7-3-17/h2-10,13,16,18,26,34H,11-12,14-15H2,1H3,(H,31,32). The number of methoxy groups -OCH3 is 1. The Morgan fingerprint density at radius 2 is 1.83 bits per heavy atom. The minimum Gasteiger partial charge on any atom is -0.497 e. The lowest BCUT2D eigenvalue weighted by atomic mass is 9.88. The Hall–Kier alpha value is -3.75. The molecule has 2 aromatic carbocycles. The van der Waals surface area contributed by atoms with Crippen LogP contribution in [-0.4, -0.2) is 56.3 Å². The van der Waals surface area contributed by atoms with E-state index in [1.165, 1.54) is 6.33 Å². The average Bonchev–Trinajstić information content (AvgIpc) is 3.38. The summed E-state index contributed by atoms with van der Waals surface area (Å²) in [6.45, 7) is 1.07. The Morgan fingerprint density at radius 3 is 2.47 bits per heavy atom. The number of carbonyl (C=O) groups is 1. The predicted octanol–water partition coefficient (Wildman–Crippen LogP) is 4.64. The zero-order valence-corrected chi connectivity index (χ0v) is 20.5. The summed E-state index contributed by atoms with van der Waals surface area (Å²) in [6, 6.07) is 16.3. The third-order valence-electron chi connectivity index (χ3n) is 6.63. The highest BCUT2D eigenvalue weighted by molar-refractivity contribution is 6.30. The van der Waals surface area contributed by atoms with Gasteiger partial charge in [-0.05, 0) is 48.7 Å². The first-order valence-corrected chi connectivity index (χ1v) is 12.1. The summed E-state index contributed by atoms with van der Waals surface area (Å²) >= 11 is 6.09. The van der Waals surface area contributed by atoms with E-state index in [1.54, 1.807) is 42.5 Å². The molecule has 0 spiro atoms. The van der Waals surface area contributed by atoms with E-state index in [0.717, 1.165) is 41.1 Å². The molecule has 1 unspecified atom stereocenters. The summed E-state index contributed by atoms with van der Waals surface area (Å²) in [4.78, 5) is 23.3. The number of nitrogens with zero attached hydrogens (tertiary/aromatic N) is 4. The van der Waals surface area contributed by atoms with Crippen molar-refractivity contribution in [2.45, 2.75) is 24.9 Å². The van der Waals surface area contributed by atoms with Gasteiger partial charge >= 0.3 is 0 Å². The first kappa shape index (κ1) is 24.0. The summed E-state index contributed by atoms with van der Waals surface area (Å²) in [6.07, 6.45) is 3.52. The molecule has 1 amide bonds. The molecule has 0 aliphatic carbocycles. The fraction of sp³-hybridized carbons (Fsp3) is 0.259. The first-order chi connectivity index (χ1) is 17.5. The molecule has 1 saturated heterocycles. The van der Waals surface area contributed by atoms with Crippen molar-refractivity contribution in [1.29, 1.82) is 0 Å². The maximum absolute atomic E-state index is 13.0. The molecule has 9 heteroatoms. The van der Waals surface area contributed by atoms with Gasteiger partial charge in [0.2, 0.25) is 0 Å². The lowest BCUT2D eigenvalue weighted by Crippen LogP contribution is -2.40. The number of aromatic amines is 1. The lowest BCUT2D eigenvalue weighted by molar-refractivity contribution is -0.141. The topological polar surface area (TPSA) is 104 Å². The van der Waals surface area contributed by atoms with Crippen molar-refractivity contribution in [1.82, 2.24) is 25.1 Å². The second kappa shape index (κ2) is 10.5. The van der Waals surface area contributed by atoms with Gasteiger partial charge in [0.15, 0.2) is 6.10 Å². The van der Waals surface area contributed by atoms with Crippen molar-refractivity contribution < 1.29 is 14.6 Å². The monoisotopic (exact) mass is 503 g/mol. The van der Waals surface area contributed by atoms with Gasteiger partial charge in [0.1, 0.15) is 17.8 Å². The second-order valence-electron chi connectivity index (χ2n) is 8.74. The van der Waals surface area contributed by atoms with E-state index in [0.29, 0.717) is 29.4 Å². The van der Waals surface area contributed by atoms with E-state index in [4.69, 9.17) is 16.3 Å². The van der Waals surface area contributed by atoms with Gasteiger partial charge in [-0.15, -0.1) is 0 Å². The Labute approximate surface area is 213 Å². The molecule has 0 radical (unpaired) electrons. The Morgan fingerprint density at radius 1 is 1.11 bits per heavy atom. The van der Waals surface area contributed by atoms with E-state index in [1.807, 2.05) is 30.3 Å². The molecule has 2 aromatic heterocycles. The number of ether oxygens (including phenoxy) is 1. The highest BCUT2D eigenvalue weighted by Crippen LogP contribution is 2.39. The Kier molecular flexibility index (Phi) is 6.97. The number of benzene rings is 2. The third kappa shape index (κ3) is 4.82. The normalized spacial score (nSPS) is 15.0. The molecule has 2 N–H and O–H groups in total. The Bertz CT molecular complexity index is 1320. The van der Waals surface area contributed by atoms with Gasteiger partial charge in [-0.1, -0.05) is 35.9 Å². The van der Waals surface area contributed by atoms with Crippen molar-refractivity contribution >= 4 is 17.5 Å². The number of amides is 1. The van der Waals surface area contributed by atoms with Gasteiger partial charge in [-0.3, -0.25) is 9.89 Å². The molecule has 4 aromatic rings. The molecule has 1 aliphatic heterocycles. The number of halogens is 1. The quantitative estimate of drug-likeness (QED) is 0.397. The fourth-order valence-electron chi connectivity index (χ4n) is 4.66. The van der Waals surface area contributed by atoms with Crippen LogP contribution in [0.15, 0.2) is 67.1 Å². The zero-order valence-electron chi connectivity index (χ0n) is 19.8. The van der Waals surface area contributed by atoms with E-state index in [-0.39, 0.29) is 11.8 Å². The van der Waals surface area contributed by atoms with Gasteiger partial charge in [0.05, 0.1) is 12.8 Å². The highest BCUT2D eigenvalue weighted by atomic mass is 35.5. The maximum atomic E-state index is 13.0. The summed E-state index contributed by atoms with van der Waals surface area (Å²) < 4.78 is 5.16. The van der Waals surface area contributed by atoms with E-state index in [2.05, 4.69) is 20.2 Å². The SMILES string of the molecule is COc1ccc(C(O)C(=O)N2CCC(c3[nH]nc(-c4ccc(Cl)cc4)c3-c3ccncn3)CC2)cc1. The van der Waals surface area contributed by atoms with Crippen LogP contribution in [0.3, 0.4) is 0 Å². The molecule has 5 rings (SSSR count). The van der Waals surface area contributed by atoms with E-state index in [9.17, 15) is 9.90 Å². The molecule has 1 fully saturated rings. The van der Waals surface area contributed by atoms with Crippen LogP contribution in [0.2, 0.25) is 5.02 Å². The number of nitrogens with one attached hydrogen (secondary N) is 1. The number of hydrogen-bond acceptors (Lipinski definition) is 6. The predicted molar refractivity (Wildman–Crippen MR) is 137 cm³/mol. The van der Waals surface area contributed by atoms with Crippen LogP contribution in [0.25, 0.3) is 22.5 Å². The highest BCUT2D eigenvalue weighted by Gasteiger charge is 2.31. The summed E-state index contributed by atoms with van der Waals surface area (Å²) in [7, 11) is 1.58. The van der Waals surface area contributed by atoms with Crippen LogP contribution in [0.1, 0.15) is 36.1 Å². The van der Waals surface area contributed by atoms with Crippen LogP contribution in [0, 0.1) is 0 Å². The number of likely N-dealkylation sites (tertiary alicyclic amines) is 1. The summed E-state index contributed by atoms with van der Waals surface area (Å²) in [5.41, 5.74) is 4.99. The van der Waals surface area contributed by atoms with Gasteiger partial charge in [-0.25, -0.2) is 9.97 Å². The average molecular weight is 504 g/mol. The zero-order chi connectivity index (χ0) is 25.1.